The molecule has 0 unspecified atom stereocenters. The molecular weight excluding hydrogens is 540 g/mol. The fourth-order valence-corrected chi connectivity index (χ4v) is 4.43. The summed E-state index contributed by atoms with van der Waals surface area (Å²) in [7, 11) is -3.85. The highest BCUT2D eigenvalue weighted by atomic mass is 79.9. The zero-order chi connectivity index (χ0) is 24.2. The first kappa shape index (κ1) is 24.3. The molecular formula is C20H14BrClN4O6S. The van der Waals surface area contributed by atoms with E-state index in [-0.39, 0.29) is 16.3 Å². The van der Waals surface area contributed by atoms with Gasteiger partial charge in [-0.15, -0.1) is 0 Å². The third-order valence-corrected chi connectivity index (χ3v) is 6.80. The summed E-state index contributed by atoms with van der Waals surface area (Å²) in [6.45, 7) is 0. The molecule has 0 aromatic heterocycles. The second-order valence-electron chi connectivity index (χ2n) is 6.61. The minimum Gasteiger partial charge on any atom is -0.271 e. The molecule has 0 saturated carbocycles. The number of nitro benzene ring substituents is 2. The molecule has 0 atom stereocenters. The Morgan fingerprint density at radius 1 is 0.970 bits per heavy atom. The predicted octanol–water partition coefficient (Wildman–Crippen LogP) is 5.21. The third kappa shape index (κ3) is 6.12. The first-order valence-electron chi connectivity index (χ1n) is 9.06. The number of anilines is 1. The van der Waals surface area contributed by atoms with Gasteiger partial charge in [-0.25, -0.2) is 8.42 Å². The van der Waals surface area contributed by atoms with Crippen LogP contribution < -0.4 is 5.43 Å². The number of nitro groups is 2. The first-order chi connectivity index (χ1) is 15.6. The van der Waals surface area contributed by atoms with Gasteiger partial charge in [0, 0.05) is 15.6 Å². The van der Waals surface area contributed by atoms with Crippen LogP contribution in [0.25, 0.3) is 0 Å². The van der Waals surface area contributed by atoms with Crippen LogP contribution in [0.1, 0.15) is 5.56 Å². The van der Waals surface area contributed by atoms with Crippen molar-refractivity contribution >= 4 is 60.1 Å². The molecule has 0 aliphatic heterocycles. The van der Waals surface area contributed by atoms with Gasteiger partial charge in [-0.05, 0) is 48.0 Å². The lowest BCUT2D eigenvalue weighted by Gasteiger charge is -2.10. The maximum Gasteiger partial charge on any atom is 0.301 e. The molecule has 10 nitrogen and oxygen atoms in total. The van der Waals surface area contributed by atoms with E-state index in [4.69, 9.17) is 11.6 Å². The molecule has 0 aliphatic carbocycles. The van der Waals surface area contributed by atoms with E-state index in [1.807, 2.05) is 0 Å². The highest BCUT2D eigenvalue weighted by molar-refractivity contribution is 9.10. The molecule has 3 aromatic rings. The minimum absolute atomic E-state index is 0.0260. The predicted molar refractivity (Wildman–Crippen MR) is 128 cm³/mol. The highest BCUT2D eigenvalue weighted by Gasteiger charge is 2.22. The summed E-state index contributed by atoms with van der Waals surface area (Å²) >= 11 is 9.14. The van der Waals surface area contributed by atoms with Crippen LogP contribution in [0.15, 0.2) is 81.2 Å². The Morgan fingerprint density at radius 2 is 1.61 bits per heavy atom. The molecule has 33 heavy (non-hydrogen) atoms. The third-order valence-electron chi connectivity index (χ3n) is 4.38. The van der Waals surface area contributed by atoms with Crippen LogP contribution in [0.4, 0.5) is 17.1 Å². The normalized spacial score (nSPS) is 11.8. The maximum absolute atomic E-state index is 13.0. The Morgan fingerprint density at radius 3 is 2.18 bits per heavy atom. The number of benzene rings is 3. The topological polar surface area (TPSA) is 145 Å². The molecule has 13 heteroatoms. The summed E-state index contributed by atoms with van der Waals surface area (Å²) in [4.78, 5) is 20.8. The van der Waals surface area contributed by atoms with Crippen LogP contribution >= 0.6 is 27.5 Å². The average molecular weight is 554 g/mol. The number of sulfone groups is 1. The molecule has 0 amide bonds. The molecule has 0 saturated heterocycles. The van der Waals surface area contributed by atoms with Crippen molar-refractivity contribution in [1.29, 1.82) is 0 Å². The second-order valence-corrected chi connectivity index (χ2v) is 9.95. The number of nitrogens with one attached hydrogen (secondary N) is 1. The standard InChI is InChI=1S/C20H14BrClN4O6S/c21-14-3-1-13(2-4-14)19(12-33(31,32)17-8-5-15(22)6-9-17)24-23-18-10-7-16(25(27)28)11-20(18)26(29)30/h1-11,23H,12H2/b24-19+. The van der Waals surface area contributed by atoms with Crippen LogP contribution in [-0.4, -0.2) is 29.7 Å². The Balaban J connectivity index is 2.02. The van der Waals surface area contributed by atoms with Crippen molar-refractivity contribution < 1.29 is 18.3 Å². The number of non-ortho nitro benzene ring substituents is 1. The Hall–Kier alpha value is -3.35. The Labute approximate surface area is 201 Å². The minimum atomic E-state index is -3.85. The van der Waals surface area contributed by atoms with Crippen molar-refractivity contribution in [2.75, 3.05) is 11.2 Å². The summed E-state index contributed by atoms with van der Waals surface area (Å²) in [5, 5.41) is 26.8. The molecule has 3 rings (SSSR count). The van der Waals surface area contributed by atoms with Gasteiger partial charge < -0.3 is 0 Å². The van der Waals surface area contributed by atoms with Gasteiger partial charge in [-0.2, -0.15) is 5.10 Å². The van der Waals surface area contributed by atoms with Gasteiger partial charge in [0.2, 0.25) is 0 Å². The highest BCUT2D eigenvalue weighted by Crippen LogP contribution is 2.29. The molecule has 0 radical (unpaired) electrons. The van der Waals surface area contributed by atoms with Gasteiger partial charge in [0.05, 0.1) is 32.3 Å². The average Bonchev–Trinajstić information content (AvgIpc) is 2.77. The van der Waals surface area contributed by atoms with E-state index < -0.39 is 36.8 Å². The fourth-order valence-electron chi connectivity index (χ4n) is 2.73. The first-order valence-corrected chi connectivity index (χ1v) is 11.9. The molecule has 170 valence electrons. The van der Waals surface area contributed by atoms with E-state index >= 15 is 0 Å². The monoisotopic (exact) mass is 552 g/mol. The van der Waals surface area contributed by atoms with E-state index in [0.717, 1.165) is 22.7 Å². The number of nitrogens with zero attached hydrogens (tertiary/aromatic N) is 3. The van der Waals surface area contributed by atoms with Crippen molar-refractivity contribution in [3.8, 4) is 0 Å². The van der Waals surface area contributed by atoms with Crippen LogP contribution in [-0.2, 0) is 9.84 Å². The van der Waals surface area contributed by atoms with Gasteiger partial charge in [-0.3, -0.25) is 25.7 Å². The van der Waals surface area contributed by atoms with E-state index in [1.165, 1.54) is 24.3 Å². The lowest BCUT2D eigenvalue weighted by Crippen LogP contribution is -2.19. The van der Waals surface area contributed by atoms with Crippen LogP contribution in [0.5, 0.6) is 0 Å². The lowest BCUT2D eigenvalue weighted by molar-refractivity contribution is -0.393. The van der Waals surface area contributed by atoms with Crippen molar-refractivity contribution in [2.45, 2.75) is 4.90 Å². The van der Waals surface area contributed by atoms with Crippen molar-refractivity contribution in [3.05, 3.63) is 102 Å². The molecule has 0 fully saturated rings. The zero-order valence-electron chi connectivity index (χ0n) is 16.5. The fraction of sp³-hybridized carbons (Fsp3) is 0.0500. The number of halogens is 2. The lowest BCUT2D eigenvalue weighted by atomic mass is 10.1. The van der Waals surface area contributed by atoms with Crippen LogP contribution in [0, 0.1) is 20.2 Å². The summed E-state index contributed by atoms with van der Waals surface area (Å²) in [6.07, 6.45) is 0. The van der Waals surface area contributed by atoms with Gasteiger partial charge in [0.25, 0.3) is 5.69 Å². The largest absolute Gasteiger partial charge is 0.301 e. The SMILES string of the molecule is O=[N+]([O-])c1ccc(N/N=C(\CS(=O)(=O)c2ccc(Cl)cc2)c2ccc(Br)cc2)c([N+](=O)[O-])c1. The van der Waals surface area contributed by atoms with E-state index in [2.05, 4.69) is 26.5 Å². The van der Waals surface area contributed by atoms with E-state index in [0.29, 0.717) is 10.6 Å². The van der Waals surface area contributed by atoms with Crippen molar-refractivity contribution in [3.63, 3.8) is 0 Å². The number of hydrazone groups is 1. The molecule has 0 aliphatic rings. The number of hydrogen-bond acceptors (Lipinski definition) is 8. The van der Waals surface area contributed by atoms with E-state index in [9.17, 15) is 28.6 Å². The van der Waals surface area contributed by atoms with Crippen LogP contribution in [0.2, 0.25) is 5.02 Å². The number of hydrogen-bond donors (Lipinski definition) is 1. The molecule has 0 heterocycles. The van der Waals surface area contributed by atoms with E-state index in [1.54, 1.807) is 24.3 Å². The van der Waals surface area contributed by atoms with Crippen molar-refractivity contribution in [2.24, 2.45) is 5.10 Å². The summed E-state index contributed by atoms with van der Waals surface area (Å²) in [5.74, 6) is -0.524. The summed E-state index contributed by atoms with van der Waals surface area (Å²) < 4.78 is 26.7. The zero-order valence-corrected chi connectivity index (χ0v) is 19.7. The van der Waals surface area contributed by atoms with Crippen molar-refractivity contribution in [1.82, 2.24) is 0 Å². The maximum atomic E-state index is 13.0. The summed E-state index contributed by atoms with van der Waals surface area (Å²) in [6, 6.07) is 15.3. The Bertz CT molecular complexity index is 1350. The Kier molecular flexibility index (Phi) is 7.41. The molecule has 1 N–H and O–H groups in total. The molecule has 0 bridgehead atoms. The second kappa shape index (κ2) is 10.1. The smallest absolute Gasteiger partial charge is 0.271 e. The summed E-state index contributed by atoms with van der Waals surface area (Å²) in [5.41, 5.74) is 1.83. The van der Waals surface area contributed by atoms with Gasteiger partial charge >= 0.3 is 5.69 Å². The molecule has 0 spiro atoms. The van der Waals surface area contributed by atoms with Gasteiger partial charge in [0.1, 0.15) is 5.69 Å². The molecule has 3 aromatic carbocycles. The van der Waals surface area contributed by atoms with Gasteiger partial charge in [-0.1, -0.05) is 39.7 Å². The number of rotatable bonds is 8. The van der Waals surface area contributed by atoms with Crippen LogP contribution in [0.3, 0.4) is 0 Å². The quantitative estimate of drug-likeness (QED) is 0.229. The van der Waals surface area contributed by atoms with Gasteiger partial charge in [0.15, 0.2) is 9.84 Å².